The molecule has 0 atom stereocenters. The van der Waals surface area contributed by atoms with Crippen LogP contribution in [0.5, 0.6) is 0 Å². The zero-order chi connectivity index (χ0) is 14.3. The Bertz CT molecular complexity index is 390. The number of nitriles is 1. The molecule has 0 aromatic rings. The predicted molar refractivity (Wildman–Crippen MR) is 81.7 cm³/mol. The van der Waals surface area contributed by atoms with Gasteiger partial charge in [0.2, 0.25) is 0 Å². The fraction of sp³-hybridized carbons (Fsp3) is 0.588. The first-order chi connectivity index (χ1) is 9.01. The summed E-state index contributed by atoms with van der Waals surface area (Å²) < 4.78 is 0. The first kappa shape index (κ1) is 15.7. The van der Waals surface area contributed by atoms with Crippen LogP contribution in [0.3, 0.4) is 0 Å². The van der Waals surface area contributed by atoms with Gasteiger partial charge >= 0.3 is 0 Å². The average Bonchev–Trinajstić information content (AvgIpc) is 2.39. The van der Waals surface area contributed by atoms with Crippen LogP contribution in [0.15, 0.2) is 36.5 Å². The molecule has 0 aromatic heterocycles. The van der Waals surface area contributed by atoms with Gasteiger partial charge in [0.1, 0.15) is 0 Å². The van der Waals surface area contributed by atoms with Crippen LogP contribution in [0.25, 0.3) is 0 Å². The lowest BCUT2D eigenvalue weighted by Gasteiger charge is -2.40. The number of rotatable bonds is 6. The zero-order valence-electron chi connectivity index (χ0n) is 12.4. The Morgan fingerprint density at radius 2 is 1.95 bits per heavy atom. The molecule has 19 heavy (non-hydrogen) atoms. The molecule has 104 valence electrons. The summed E-state index contributed by atoms with van der Waals surface area (Å²) in [4.78, 5) is 2.44. The summed E-state index contributed by atoms with van der Waals surface area (Å²) in [6.07, 6.45) is 8.15. The van der Waals surface area contributed by atoms with E-state index in [4.69, 9.17) is 5.26 Å². The van der Waals surface area contributed by atoms with E-state index in [1.165, 1.54) is 0 Å². The maximum Gasteiger partial charge on any atom is 0.0627 e. The van der Waals surface area contributed by atoms with Crippen LogP contribution in [0.1, 0.15) is 39.5 Å². The quantitative estimate of drug-likeness (QED) is 0.671. The second-order valence-corrected chi connectivity index (χ2v) is 5.80. The Hall–Kier alpha value is -1.33. The van der Waals surface area contributed by atoms with Crippen LogP contribution in [0.2, 0.25) is 0 Å². The van der Waals surface area contributed by atoms with Gasteiger partial charge in [0.15, 0.2) is 0 Å². The Balaban J connectivity index is 2.44. The van der Waals surface area contributed by atoms with Gasteiger partial charge in [-0.1, -0.05) is 37.8 Å². The minimum Gasteiger partial charge on any atom is -0.299 e. The normalized spacial score (nSPS) is 19.2. The van der Waals surface area contributed by atoms with Gasteiger partial charge in [0.05, 0.1) is 6.07 Å². The first-order valence-electron chi connectivity index (χ1n) is 7.12. The van der Waals surface area contributed by atoms with Gasteiger partial charge in [0.25, 0.3) is 0 Å². The predicted octanol–water partition coefficient (Wildman–Crippen LogP) is 4.08. The molecule has 2 nitrogen and oxygen atoms in total. The molecule has 0 aliphatic carbocycles. The number of nitrogens with zero attached hydrogens (tertiary/aromatic N) is 2. The van der Waals surface area contributed by atoms with Crippen molar-refractivity contribution in [3.05, 3.63) is 36.5 Å². The summed E-state index contributed by atoms with van der Waals surface area (Å²) in [5.74, 6) is 0. The molecule has 1 heterocycles. The maximum atomic E-state index is 8.95. The smallest absolute Gasteiger partial charge is 0.0627 e. The Labute approximate surface area is 118 Å². The van der Waals surface area contributed by atoms with Gasteiger partial charge in [-0.2, -0.15) is 5.26 Å². The van der Waals surface area contributed by atoms with Crippen molar-refractivity contribution in [2.45, 2.75) is 39.5 Å². The van der Waals surface area contributed by atoms with Crippen molar-refractivity contribution in [1.82, 2.24) is 4.90 Å². The van der Waals surface area contributed by atoms with Crippen LogP contribution in [-0.4, -0.2) is 24.5 Å². The molecule has 0 bridgehead atoms. The van der Waals surface area contributed by atoms with Crippen LogP contribution in [0.4, 0.5) is 0 Å². The first-order valence-corrected chi connectivity index (χ1v) is 7.12. The highest BCUT2D eigenvalue weighted by atomic mass is 15.1. The molecule has 1 saturated heterocycles. The van der Waals surface area contributed by atoms with Gasteiger partial charge in [-0.15, -0.1) is 0 Å². The number of piperidine rings is 1. The number of allylic oxidation sites excluding steroid dienone is 2. The van der Waals surface area contributed by atoms with E-state index < -0.39 is 0 Å². The second kappa shape index (κ2) is 7.31. The van der Waals surface area contributed by atoms with Crippen LogP contribution >= 0.6 is 0 Å². The van der Waals surface area contributed by atoms with Crippen molar-refractivity contribution in [2.75, 3.05) is 19.6 Å². The van der Waals surface area contributed by atoms with Gasteiger partial charge < -0.3 is 0 Å². The Kier molecular flexibility index (Phi) is 6.05. The fourth-order valence-electron chi connectivity index (χ4n) is 2.61. The molecule has 0 saturated carbocycles. The second-order valence-electron chi connectivity index (χ2n) is 5.80. The van der Waals surface area contributed by atoms with E-state index in [9.17, 15) is 0 Å². The molecule has 0 amide bonds. The summed E-state index contributed by atoms with van der Waals surface area (Å²) in [5.41, 5.74) is 2.45. The van der Waals surface area contributed by atoms with Crippen molar-refractivity contribution < 1.29 is 0 Å². The molecule has 1 fully saturated rings. The number of likely N-dealkylation sites (tertiary alicyclic amines) is 1. The standard InChI is InChI=1S/C17H26N2/c1-5-17(8-11-18)9-12-19(13-10-17)14-16(4)7-6-15(2)3/h6-7H,2,4-5,8-10,12-14H2,1,3H3/b7-6-. The van der Waals surface area contributed by atoms with Gasteiger partial charge in [0, 0.05) is 13.0 Å². The zero-order valence-corrected chi connectivity index (χ0v) is 12.4. The highest BCUT2D eigenvalue weighted by Crippen LogP contribution is 2.37. The fourth-order valence-corrected chi connectivity index (χ4v) is 2.61. The molecule has 0 unspecified atom stereocenters. The minimum absolute atomic E-state index is 0.264. The molecular weight excluding hydrogens is 232 g/mol. The van der Waals surface area contributed by atoms with Crippen LogP contribution < -0.4 is 0 Å². The molecule has 1 aliphatic rings. The maximum absolute atomic E-state index is 8.95. The van der Waals surface area contributed by atoms with Crippen molar-refractivity contribution in [3.63, 3.8) is 0 Å². The summed E-state index contributed by atoms with van der Waals surface area (Å²) in [5, 5.41) is 8.95. The third kappa shape index (κ3) is 5.04. The number of hydrogen-bond acceptors (Lipinski definition) is 2. The SMILES string of the molecule is C=C(C)/C=C\C(=C)CN1CCC(CC)(CC#N)CC1. The highest BCUT2D eigenvalue weighted by Gasteiger charge is 2.32. The summed E-state index contributed by atoms with van der Waals surface area (Å²) in [6.45, 7) is 15.2. The topological polar surface area (TPSA) is 27.0 Å². The lowest BCUT2D eigenvalue weighted by atomic mass is 9.74. The van der Waals surface area contributed by atoms with Crippen molar-refractivity contribution in [2.24, 2.45) is 5.41 Å². The highest BCUT2D eigenvalue weighted by molar-refractivity contribution is 5.24. The summed E-state index contributed by atoms with van der Waals surface area (Å²) in [6, 6.07) is 2.36. The van der Waals surface area contributed by atoms with Gasteiger partial charge in [-0.3, -0.25) is 4.90 Å². The lowest BCUT2D eigenvalue weighted by molar-refractivity contribution is 0.110. The van der Waals surface area contributed by atoms with E-state index in [-0.39, 0.29) is 5.41 Å². The third-order valence-corrected chi connectivity index (χ3v) is 4.15. The molecular formula is C17H26N2. The summed E-state index contributed by atoms with van der Waals surface area (Å²) >= 11 is 0. The van der Waals surface area contributed by atoms with Gasteiger partial charge in [-0.05, 0) is 50.3 Å². The van der Waals surface area contributed by atoms with E-state index in [1.807, 2.05) is 13.0 Å². The Morgan fingerprint density at radius 3 is 2.42 bits per heavy atom. The molecule has 1 rings (SSSR count). The molecule has 1 aliphatic heterocycles. The van der Waals surface area contributed by atoms with E-state index in [2.05, 4.69) is 37.1 Å². The van der Waals surface area contributed by atoms with Gasteiger partial charge in [-0.25, -0.2) is 0 Å². The lowest BCUT2D eigenvalue weighted by Crippen LogP contribution is -2.40. The molecule has 0 N–H and O–H groups in total. The third-order valence-electron chi connectivity index (χ3n) is 4.15. The van der Waals surface area contributed by atoms with Crippen LogP contribution in [-0.2, 0) is 0 Å². The van der Waals surface area contributed by atoms with E-state index in [0.29, 0.717) is 6.42 Å². The average molecular weight is 258 g/mol. The van der Waals surface area contributed by atoms with Crippen molar-refractivity contribution in [3.8, 4) is 6.07 Å². The summed E-state index contributed by atoms with van der Waals surface area (Å²) in [7, 11) is 0. The molecule has 2 heteroatoms. The largest absolute Gasteiger partial charge is 0.299 e. The van der Waals surface area contributed by atoms with E-state index in [0.717, 1.165) is 50.0 Å². The van der Waals surface area contributed by atoms with Crippen molar-refractivity contribution in [1.29, 1.82) is 5.26 Å². The number of hydrogen-bond donors (Lipinski definition) is 0. The monoisotopic (exact) mass is 258 g/mol. The van der Waals surface area contributed by atoms with Crippen LogP contribution in [0, 0.1) is 16.7 Å². The molecule has 0 spiro atoms. The van der Waals surface area contributed by atoms with Crippen molar-refractivity contribution >= 4 is 0 Å². The van der Waals surface area contributed by atoms with E-state index in [1.54, 1.807) is 0 Å². The van der Waals surface area contributed by atoms with E-state index >= 15 is 0 Å². The minimum atomic E-state index is 0.264. The molecule has 0 radical (unpaired) electrons. The Morgan fingerprint density at radius 1 is 1.32 bits per heavy atom. The molecule has 0 aromatic carbocycles.